The van der Waals surface area contributed by atoms with Crippen molar-refractivity contribution in [3.63, 3.8) is 0 Å². The van der Waals surface area contributed by atoms with Gasteiger partial charge in [-0.1, -0.05) is 17.7 Å². The monoisotopic (exact) mass is 470 g/mol. The van der Waals surface area contributed by atoms with Crippen LogP contribution in [0.4, 0.5) is 5.95 Å². The van der Waals surface area contributed by atoms with Crippen LogP contribution < -0.4 is 10.6 Å². The molecule has 2 fully saturated rings. The first-order valence-electron chi connectivity index (χ1n) is 11.1. The van der Waals surface area contributed by atoms with Crippen LogP contribution in [0.25, 0.3) is 20.7 Å². The molecular formula is C23H27ClN6OS. The number of rotatable bonds is 7. The molecule has 2 aromatic heterocycles. The van der Waals surface area contributed by atoms with E-state index in [-0.39, 0.29) is 5.91 Å². The highest BCUT2D eigenvalue weighted by atomic mass is 35.5. The number of thiophene rings is 1. The van der Waals surface area contributed by atoms with E-state index < -0.39 is 0 Å². The Bertz CT molecular complexity index is 1120. The number of fused-ring (bicyclic) bond motifs is 1. The maximum atomic E-state index is 12.7. The molecule has 1 aliphatic carbocycles. The summed E-state index contributed by atoms with van der Waals surface area (Å²) in [6, 6.07) is 8.18. The van der Waals surface area contributed by atoms with Crippen molar-refractivity contribution in [1.82, 2.24) is 25.1 Å². The third-order valence-electron chi connectivity index (χ3n) is 6.00. The molecule has 1 aromatic carbocycles. The topological polar surface area (TPSA) is 73.4 Å². The largest absolute Gasteiger partial charge is 0.353 e. The minimum absolute atomic E-state index is 0.0116. The Balaban J connectivity index is 1.32. The molecule has 3 heterocycles. The number of benzene rings is 1. The Labute approximate surface area is 196 Å². The molecule has 0 unspecified atom stereocenters. The number of piperazine rings is 1. The second kappa shape index (κ2) is 9.31. The van der Waals surface area contributed by atoms with Gasteiger partial charge in [0.05, 0.1) is 16.1 Å². The van der Waals surface area contributed by atoms with Crippen LogP contribution in [0.5, 0.6) is 0 Å². The predicted molar refractivity (Wildman–Crippen MR) is 131 cm³/mol. The van der Waals surface area contributed by atoms with E-state index in [2.05, 4.69) is 32.5 Å². The highest BCUT2D eigenvalue weighted by Gasteiger charge is 2.25. The van der Waals surface area contributed by atoms with Crippen molar-refractivity contribution in [2.45, 2.75) is 18.9 Å². The minimum Gasteiger partial charge on any atom is -0.353 e. The van der Waals surface area contributed by atoms with Gasteiger partial charge >= 0.3 is 0 Å². The zero-order valence-electron chi connectivity index (χ0n) is 18.1. The van der Waals surface area contributed by atoms with Gasteiger partial charge in [0.25, 0.3) is 5.91 Å². The predicted octanol–water partition coefficient (Wildman–Crippen LogP) is 3.56. The molecule has 1 aliphatic heterocycles. The smallest absolute Gasteiger partial charge is 0.252 e. The van der Waals surface area contributed by atoms with Gasteiger partial charge in [-0.05, 0) is 38.1 Å². The molecule has 1 saturated carbocycles. The van der Waals surface area contributed by atoms with Gasteiger partial charge < -0.3 is 15.5 Å². The van der Waals surface area contributed by atoms with Crippen molar-refractivity contribution < 1.29 is 4.79 Å². The van der Waals surface area contributed by atoms with Crippen LogP contribution in [0.2, 0.25) is 5.02 Å². The quantitative estimate of drug-likeness (QED) is 0.550. The lowest BCUT2D eigenvalue weighted by atomic mass is 10.1. The second-order valence-electron chi connectivity index (χ2n) is 8.54. The van der Waals surface area contributed by atoms with Gasteiger partial charge in [-0.15, -0.1) is 11.3 Å². The molecule has 0 bridgehead atoms. The van der Waals surface area contributed by atoms with Gasteiger partial charge in [0, 0.05) is 61.0 Å². The summed E-state index contributed by atoms with van der Waals surface area (Å²) in [6.07, 6.45) is 3.78. The molecule has 5 rings (SSSR count). The van der Waals surface area contributed by atoms with Crippen LogP contribution in [0.1, 0.15) is 23.2 Å². The molecule has 168 valence electrons. The SMILES string of the molecule is CN1CCN(CCNc2ncc(Cl)c(-c3cc4c(C(=O)NC5CC5)cccc4s3)n2)CC1. The number of likely N-dealkylation sites (N-methyl/N-ethyl adjacent to an activating group) is 1. The summed E-state index contributed by atoms with van der Waals surface area (Å²) in [5.41, 5.74) is 1.39. The van der Waals surface area contributed by atoms with Crippen LogP contribution in [-0.2, 0) is 0 Å². The van der Waals surface area contributed by atoms with E-state index in [4.69, 9.17) is 16.6 Å². The lowest BCUT2D eigenvalue weighted by Crippen LogP contribution is -2.45. The third kappa shape index (κ3) is 4.88. The summed E-state index contributed by atoms with van der Waals surface area (Å²) in [5, 5.41) is 7.86. The van der Waals surface area contributed by atoms with Crippen LogP contribution in [-0.4, -0.2) is 78.0 Å². The fraction of sp³-hybridized carbons (Fsp3) is 0.435. The second-order valence-corrected chi connectivity index (χ2v) is 10.0. The number of hydrogen-bond donors (Lipinski definition) is 2. The highest BCUT2D eigenvalue weighted by Crippen LogP contribution is 2.37. The number of carbonyl (C=O) groups is 1. The standard InChI is InChI=1S/C23H27ClN6OS/c1-29-9-11-30(12-10-29)8-7-25-23-26-14-18(24)21(28-23)20-13-17-16(3-2-4-19(17)32-20)22(31)27-15-5-6-15/h2-4,13-15H,5-12H2,1H3,(H,27,31)(H,25,26,28). The first-order chi connectivity index (χ1) is 15.6. The summed E-state index contributed by atoms with van der Waals surface area (Å²) in [6.45, 7) is 6.12. The number of nitrogens with zero attached hydrogens (tertiary/aromatic N) is 4. The summed E-state index contributed by atoms with van der Waals surface area (Å²) in [5.74, 6) is 0.560. The third-order valence-corrected chi connectivity index (χ3v) is 7.39. The molecule has 32 heavy (non-hydrogen) atoms. The Morgan fingerprint density at radius 3 is 2.84 bits per heavy atom. The van der Waals surface area contributed by atoms with Crippen molar-refractivity contribution in [3.05, 3.63) is 41.0 Å². The number of carbonyl (C=O) groups excluding carboxylic acids is 1. The molecule has 3 aromatic rings. The first-order valence-corrected chi connectivity index (χ1v) is 12.3. The van der Waals surface area contributed by atoms with E-state index >= 15 is 0 Å². The van der Waals surface area contributed by atoms with Crippen LogP contribution in [0.3, 0.4) is 0 Å². The van der Waals surface area contributed by atoms with Crippen LogP contribution >= 0.6 is 22.9 Å². The lowest BCUT2D eigenvalue weighted by Gasteiger charge is -2.32. The van der Waals surface area contributed by atoms with Gasteiger partial charge in [0.15, 0.2) is 0 Å². The minimum atomic E-state index is -0.0116. The summed E-state index contributed by atoms with van der Waals surface area (Å²) < 4.78 is 1.04. The molecule has 1 saturated heterocycles. The molecular weight excluding hydrogens is 444 g/mol. The van der Waals surface area contributed by atoms with Gasteiger partial charge in [-0.3, -0.25) is 9.69 Å². The summed E-state index contributed by atoms with van der Waals surface area (Å²) >= 11 is 8.06. The van der Waals surface area contributed by atoms with E-state index in [9.17, 15) is 4.79 Å². The van der Waals surface area contributed by atoms with Crippen molar-refractivity contribution in [2.24, 2.45) is 0 Å². The normalized spacial score (nSPS) is 17.6. The summed E-state index contributed by atoms with van der Waals surface area (Å²) in [4.78, 5) is 27.5. The average molecular weight is 471 g/mol. The van der Waals surface area contributed by atoms with Crippen molar-refractivity contribution in [2.75, 3.05) is 51.6 Å². The molecule has 1 amide bonds. The number of aromatic nitrogens is 2. The number of hydrogen-bond acceptors (Lipinski definition) is 7. The van der Waals surface area contributed by atoms with Crippen LogP contribution in [0, 0.1) is 0 Å². The molecule has 2 N–H and O–H groups in total. The molecule has 2 aliphatic rings. The van der Waals surface area contributed by atoms with E-state index in [0.29, 0.717) is 28.3 Å². The van der Waals surface area contributed by atoms with Gasteiger partial charge in [-0.2, -0.15) is 0 Å². The van der Waals surface area contributed by atoms with Gasteiger partial charge in [0.2, 0.25) is 5.95 Å². The zero-order chi connectivity index (χ0) is 22.1. The Morgan fingerprint density at radius 2 is 2.06 bits per heavy atom. The van der Waals surface area contributed by atoms with Crippen LogP contribution in [0.15, 0.2) is 30.5 Å². The lowest BCUT2D eigenvalue weighted by molar-refractivity contribution is 0.0953. The summed E-state index contributed by atoms with van der Waals surface area (Å²) in [7, 11) is 2.16. The van der Waals surface area contributed by atoms with E-state index in [1.165, 1.54) is 0 Å². The number of nitrogens with one attached hydrogen (secondary N) is 2. The molecule has 0 radical (unpaired) electrons. The van der Waals surface area contributed by atoms with Gasteiger partial charge in [0.1, 0.15) is 5.69 Å². The maximum absolute atomic E-state index is 12.7. The molecule has 9 heteroatoms. The highest BCUT2D eigenvalue weighted by molar-refractivity contribution is 7.22. The van der Waals surface area contributed by atoms with E-state index in [0.717, 1.165) is 67.1 Å². The Morgan fingerprint density at radius 1 is 1.25 bits per heavy atom. The van der Waals surface area contributed by atoms with Gasteiger partial charge in [-0.25, -0.2) is 9.97 Å². The number of amides is 1. The molecule has 7 nitrogen and oxygen atoms in total. The van der Waals surface area contributed by atoms with E-state index in [1.54, 1.807) is 17.5 Å². The van der Waals surface area contributed by atoms with Crippen molar-refractivity contribution >= 4 is 44.9 Å². The number of anilines is 1. The van der Waals surface area contributed by atoms with Crippen molar-refractivity contribution in [3.8, 4) is 10.6 Å². The average Bonchev–Trinajstić information content (AvgIpc) is 3.50. The first kappa shape index (κ1) is 21.6. The fourth-order valence-electron chi connectivity index (χ4n) is 3.89. The zero-order valence-corrected chi connectivity index (χ0v) is 19.7. The Hall–Kier alpha value is -2.26. The van der Waals surface area contributed by atoms with E-state index in [1.807, 2.05) is 24.3 Å². The molecule has 0 spiro atoms. The number of halogens is 1. The maximum Gasteiger partial charge on any atom is 0.252 e. The molecule has 0 atom stereocenters. The van der Waals surface area contributed by atoms with Crippen molar-refractivity contribution in [1.29, 1.82) is 0 Å². The fourth-order valence-corrected chi connectivity index (χ4v) is 5.23. The Kier molecular flexibility index (Phi) is 6.28.